The van der Waals surface area contributed by atoms with E-state index in [9.17, 15) is 0 Å². The van der Waals surface area contributed by atoms with Gasteiger partial charge in [-0.1, -0.05) is 36.5 Å². The Morgan fingerprint density at radius 1 is 0.900 bits per heavy atom. The largest absolute Gasteiger partial charge is 0.0986 e. The highest BCUT2D eigenvalue weighted by Gasteiger charge is 2.48. The van der Waals surface area contributed by atoms with E-state index >= 15 is 0 Å². The summed E-state index contributed by atoms with van der Waals surface area (Å²) in [6, 6.07) is 0. The lowest BCUT2D eigenvalue weighted by Gasteiger charge is -2.29. The molecule has 0 nitrogen and oxygen atoms in total. The highest BCUT2D eigenvalue weighted by Crippen LogP contribution is 2.56. The Balaban J connectivity index is 2.16. The molecule has 10 heavy (non-hydrogen) atoms. The van der Waals surface area contributed by atoms with Crippen LogP contribution in [0, 0.1) is 23.7 Å². The molecule has 0 aromatic carbocycles. The molecule has 1 saturated carbocycles. The second-order valence-corrected chi connectivity index (χ2v) is 3.55. The summed E-state index contributed by atoms with van der Waals surface area (Å²) in [6.45, 7) is 4.12. The minimum Gasteiger partial charge on any atom is -0.0986 e. The summed E-state index contributed by atoms with van der Waals surface area (Å²) in [4.78, 5) is 0. The zero-order valence-corrected chi connectivity index (χ0v) is 5.83. The van der Waals surface area contributed by atoms with Crippen LogP contribution in [0.15, 0.2) is 36.5 Å². The van der Waals surface area contributed by atoms with Gasteiger partial charge in [-0.25, -0.2) is 0 Å². The van der Waals surface area contributed by atoms with E-state index in [1.165, 1.54) is 5.57 Å². The van der Waals surface area contributed by atoms with E-state index in [1.807, 2.05) is 0 Å². The second-order valence-electron chi connectivity index (χ2n) is 3.55. The average Bonchev–Trinajstić information content (AvgIpc) is 2.21. The Bertz CT molecular complexity index is 233. The molecule has 50 valence electrons. The zero-order valence-electron chi connectivity index (χ0n) is 5.83. The lowest BCUT2D eigenvalue weighted by Crippen LogP contribution is -2.22. The van der Waals surface area contributed by atoms with Crippen molar-refractivity contribution in [2.75, 3.05) is 0 Å². The van der Waals surface area contributed by atoms with Gasteiger partial charge in [-0.15, -0.1) is 0 Å². The van der Waals surface area contributed by atoms with Crippen molar-refractivity contribution < 1.29 is 0 Å². The molecule has 0 aromatic heterocycles. The molecule has 3 aliphatic carbocycles. The van der Waals surface area contributed by atoms with Gasteiger partial charge < -0.3 is 0 Å². The number of rotatable bonds is 0. The van der Waals surface area contributed by atoms with Crippen molar-refractivity contribution in [3.8, 4) is 0 Å². The van der Waals surface area contributed by atoms with Crippen molar-refractivity contribution in [2.24, 2.45) is 23.7 Å². The van der Waals surface area contributed by atoms with Gasteiger partial charge in [0.1, 0.15) is 0 Å². The van der Waals surface area contributed by atoms with Crippen LogP contribution in [0.1, 0.15) is 0 Å². The fourth-order valence-corrected chi connectivity index (χ4v) is 2.55. The Morgan fingerprint density at radius 2 is 1.40 bits per heavy atom. The normalized spacial score (nSPS) is 53.4. The van der Waals surface area contributed by atoms with E-state index in [2.05, 4.69) is 30.9 Å². The van der Waals surface area contributed by atoms with Crippen LogP contribution in [0.2, 0.25) is 0 Å². The monoisotopic (exact) mass is 130 g/mol. The van der Waals surface area contributed by atoms with Crippen molar-refractivity contribution in [3.63, 3.8) is 0 Å². The van der Waals surface area contributed by atoms with Crippen molar-refractivity contribution in [1.82, 2.24) is 0 Å². The van der Waals surface area contributed by atoms with Crippen molar-refractivity contribution >= 4 is 0 Å². The second kappa shape index (κ2) is 1.29. The van der Waals surface area contributed by atoms with Gasteiger partial charge in [-0.3, -0.25) is 0 Å². The Kier molecular flexibility index (Phi) is 0.639. The van der Waals surface area contributed by atoms with Crippen molar-refractivity contribution in [3.05, 3.63) is 36.5 Å². The van der Waals surface area contributed by atoms with E-state index in [1.54, 1.807) is 0 Å². The Labute approximate surface area is 60.9 Å². The van der Waals surface area contributed by atoms with E-state index in [-0.39, 0.29) is 0 Å². The number of hydrogen-bond acceptors (Lipinski definition) is 0. The Morgan fingerprint density at radius 3 is 1.70 bits per heavy atom. The van der Waals surface area contributed by atoms with Gasteiger partial charge in [0.15, 0.2) is 0 Å². The molecule has 1 fully saturated rings. The fourth-order valence-electron chi connectivity index (χ4n) is 2.55. The first-order chi connectivity index (χ1) is 4.88. The van der Waals surface area contributed by atoms with Crippen LogP contribution < -0.4 is 0 Å². The Hall–Kier alpha value is -0.780. The lowest BCUT2D eigenvalue weighted by atomic mass is 9.75. The van der Waals surface area contributed by atoms with Crippen LogP contribution in [-0.4, -0.2) is 0 Å². The SMILES string of the molecule is C=C1[C@H]2C=C[C@@H]1[C@@H]1C=C[C@@H]12. The van der Waals surface area contributed by atoms with Gasteiger partial charge in [0.2, 0.25) is 0 Å². The summed E-state index contributed by atoms with van der Waals surface area (Å²) in [7, 11) is 0. The van der Waals surface area contributed by atoms with Crippen molar-refractivity contribution in [2.45, 2.75) is 0 Å². The summed E-state index contributed by atoms with van der Waals surface area (Å²) >= 11 is 0. The third-order valence-electron chi connectivity index (χ3n) is 3.21. The summed E-state index contributed by atoms with van der Waals surface area (Å²) in [6.07, 6.45) is 9.34. The number of allylic oxidation sites excluding steroid dienone is 5. The van der Waals surface area contributed by atoms with Crippen LogP contribution in [-0.2, 0) is 0 Å². The molecular formula is C10H10. The molecule has 0 saturated heterocycles. The fraction of sp³-hybridized carbons (Fsp3) is 0.400. The predicted octanol–water partition coefficient (Wildman–Crippen LogP) is 2.16. The topological polar surface area (TPSA) is 0 Å². The maximum absolute atomic E-state index is 4.12. The lowest BCUT2D eigenvalue weighted by molar-refractivity contribution is 0.401. The highest BCUT2D eigenvalue weighted by molar-refractivity contribution is 5.41. The molecule has 0 amide bonds. The van der Waals surface area contributed by atoms with Crippen LogP contribution in [0.4, 0.5) is 0 Å². The third-order valence-corrected chi connectivity index (χ3v) is 3.21. The molecule has 0 spiro atoms. The quantitative estimate of drug-likeness (QED) is 0.441. The average molecular weight is 130 g/mol. The molecule has 3 aliphatic rings. The minimum atomic E-state index is 0.708. The van der Waals surface area contributed by atoms with Crippen molar-refractivity contribution in [1.29, 1.82) is 0 Å². The van der Waals surface area contributed by atoms with E-state index < -0.39 is 0 Å². The van der Waals surface area contributed by atoms with Gasteiger partial charge in [-0.2, -0.15) is 0 Å². The van der Waals surface area contributed by atoms with Crippen LogP contribution in [0.5, 0.6) is 0 Å². The molecule has 0 radical (unpaired) electrons. The molecule has 0 aromatic rings. The molecule has 0 N–H and O–H groups in total. The van der Waals surface area contributed by atoms with Crippen LogP contribution in [0.25, 0.3) is 0 Å². The minimum absolute atomic E-state index is 0.708. The van der Waals surface area contributed by atoms with Crippen LogP contribution >= 0.6 is 0 Å². The molecular weight excluding hydrogens is 120 g/mol. The first-order valence-corrected chi connectivity index (χ1v) is 3.93. The van der Waals surface area contributed by atoms with Gasteiger partial charge in [0.05, 0.1) is 0 Å². The summed E-state index contributed by atoms with van der Waals surface area (Å²) < 4.78 is 0. The molecule has 4 atom stereocenters. The molecule has 0 heteroatoms. The standard InChI is InChI=1S/C10H10/c1-6-7-2-3-8(6)10-5-4-9(7)10/h2-5,7-10H,1H2/t7-,8+,9-,10+. The number of hydrogen-bond donors (Lipinski definition) is 0. The summed E-state index contributed by atoms with van der Waals surface area (Å²) in [5, 5.41) is 0. The van der Waals surface area contributed by atoms with Crippen LogP contribution in [0.3, 0.4) is 0 Å². The highest BCUT2D eigenvalue weighted by atomic mass is 14.5. The zero-order chi connectivity index (χ0) is 6.72. The van der Waals surface area contributed by atoms with Gasteiger partial charge >= 0.3 is 0 Å². The number of fused-ring (bicyclic) bond motifs is 5. The molecule has 3 rings (SSSR count). The maximum atomic E-state index is 4.12. The third kappa shape index (κ3) is 0.327. The predicted molar refractivity (Wildman–Crippen MR) is 41.4 cm³/mol. The van der Waals surface area contributed by atoms with Gasteiger partial charge in [-0.05, 0) is 11.8 Å². The molecule has 0 heterocycles. The van der Waals surface area contributed by atoms with E-state index in [0.29, 0.717) is 11.8 Å². The first-order valence-electron chi connectivity index (χ1n) is 3.93. The van der Waals surface area contributed by atoms with E-state index in [0.717, 1.165) is 11.8 Å². The first kappa shape index (κ1) is 4.95. The molecule has 0 aliphatic heterocycles. The maximum Gasteiger partial charge on any atom is 0.00492 e. The summed E-state index contributed by atoms with van der Waals surface area (Å²) in [5.41, 5.74) is 1.46. The smallest absolute Gasteiger partial charge is 0.00492 e. The van der Waals surface area contributed by atoms with Gasteiger partial charge in [0.25, 0.3) is 0 Å². The van der Waals surface area contributed by atoms with Gasteiger partial charge in [0, 0.05) is 11.8 Å². The summed E-state index contributed by atoms with van der Waals surface area (Å²) in [5.74, 6) is 3.09. The molecule has 0 unspecified atom stereocenters. The molecule has 2 bridgehead atoms. The van der Waals surface area contributed by atoms with E-state index in [4.69, 9.17) is 0 Å².